The molecule has 2 aromatic carbocycles. The average Bonchev–Trinajstić information content (AvgIpc) is 2.81. The van der Waals surface area contributed by atoms with E-state index in [4.69, 9.17) is 9.47 Å². The number of nitrogens with one attached hydrogen (secondary N) is 2. The lowest BCUT2D eigenvalue weighted by Gasteiger charge is -2.20. The Morgan fingerprint density at radius 3 is 2.38 bits per heavy atom. The second kappa shape index (κ2) is 12.9. The molecule has 1 atom stereocenters. The van der Waals surface area contributed by atoms with E-state index in [-0.39, 0.29) is 18.1 Å². The predicted octanol–water partition coefficient (Wildman–Crippen LogP) is 2.68. The van der Waals surface area contributed by atoms with Gasteiger partial charge >= 0.3 is 5.97 Å². The summed E-state index contributed by atoms with van der Waals surface area (Å²) in [4.78, 5) is 36.3. The molecule has 2 aromatic rings. The van der Waals surface area contributed by atoms with Gasteiger partial charge in [0.2, 0.25) is 0 Å². The standard InChI is InChI=1S/C24H28FN3O6/c1-5-33-20-12-16(6-11-19(20)34-14-21(29)32-4)13-26-28-24(31)22(15(2)3)27-23(30)17-7-9-18(25)10-8-17/h6-13,15,22H,5,14H2,1-4H3,(H,27,30)(H,28,31). The monoisotopic (exact) mass is 473 g/mol. The molecule has 0 aliphatic rings. The summed E-state index contributed by atoms with van der Waals surface area (Å²) in [5, 5.41) is 6.60. The molecular formula is C24H28FN3O6. The minimum atomic E-state index is -0.859. The van der Waals surface area contributed by atoms with Crippen LogP contribution >= 0.6 is 0 Å². The molecule has 34 heavy (non-hydrogen) atoms. The molecule has 1 unspecified atom stereocenters. The number of rotatable bonds is 11. The van der Waals surface area contributed by atoms with Crippen molar-refractivity contribution in [3.63, 3.8) is 0 Å². The highest BCUT2D eigenvalue weighted by Gasteiger charge is 2.24. The van der Waals surface area contributed by atoms with Gasteiger partial charge in [-0.15, -0.1) is 0 Å². The fourth-order valence-electron chi connectivity index (χ4n) is 2.79. The van der Waals surface area contributed by atoms with Crippen LogP contribution in [-0.2, 0) is 14.3 Å². The molecule has 0 spiro atoms. The van der Waals surface area contributed by atoms with E-state index in [2.05, 4.69) is 20.6 Å². The summed E-state index contributed by atoms with van der Waals surface area (Å²) in [7, 11) is 1.26. The molecule has 0 aromatic heterocycles. The van der Waals surface area contributed by atoms with Crippen molar-refractivity contribution in [2.45, 2.75) is 26.8 Å². The minimum absolute atomic E-state index is 0.226. The van der Waals surface area contributed by atoms with Crippen molar-refractivity contribution in [2.75, 3.05) is 20.3 Å². The SMILES string of the molecule is CCOc1cc(C=NNC(=O)C(NC(=O)c2ccc(F)cc2)C(C)C)ccc1OCC(=O)OC. The molecule has 0 bridgehead atoms. The molecule has 0 aliphatic heterocycles. The van der Waals surface area contributed by atoms with Gasteiger partial charge < -0.3 is 19.5 Å². The summed E-state index contributed by atoms with van der Waals surface area (Å²) in [6.07, 6.45) is 1.41. The van der Waals surface area contributed by atoms with Gasteiger partial charge in [0.1, 0.15) is 11.9 Å². The summed E-state index contributed by atoms with van der Waals surface area (Å²) >= 11 is 0. The van der Waals surface area contributed by atoms with Crippen molar-refractivity contribution in [2.24, 2.45) is 11.0 Å². The first-order valence-corrected chi connectivity index (χ1v) is 10.6. The van der Waals surface area contributed by atoms with E-state index < -0.39 is 29.6 Å². The van der Waals surface area contributed by atoms with Crippen LogP contribution in [0.5, 0.6) is 11.5 Å². The van der Waals surface area contributed by atoms with E-state index in [1.165, 1.54) is 37.6 Å². The number of carbonyl (C=O) groups is 3. The van der Waals surface area contributed by atoms with Crippen LogP contribution in [-0.4, -0.2) is 50.4 Å². The van der Waals surface area contributed by atoms with Crippen molar-refractivity contribution >= 4 is 24.0 Å². The Kier molecular flexibility index (Phi) is 10.0. The molecule has 0 aliphatic carbocycles. The van der Waals surface area contributed by atoms with Crippen molar-refractivity contribution < 1.29 is 33.0 Å². The highest BCUT2D eigenvalue weighted by Crippen LogP contribution is 2.28. The van der Waals surface area contributed by atoms with Crippen LogP contribution in [0.2, 0.25) is 0 Å². The first kappa shape index (κ1) is 26.3. The largest absolute Gasteiger partial charge is 0.490 e. The Bertz CT molecular complexity index is 1020. The van der Waals surface area contributed by atoms with E-state index in [9.17, 15) is 18.8 Å². The Morgan fingerprint density at radius 2 is 1.76 bits per heavy atom. The molecule has 10 heteroatoms. The topological polar surface area (TPSA) is 115 Å². The van der Waals surface area contributed by atoms with E-state index in [0.717, 1.165) is 0 Å². The van der Waals surface area contributed by atoms with E-state index in [1.54, 1.807) is 39.0 Å². The maximum Gasteiger partial charge on any atom is 0.343 e. The zero-order valence-corrected chi connectivity index (χ0v) is 19.5. The Labute approximate surface area is 197 Å². The summed E-state index contributed by atoms with van der Waals surface area (Å²) in [5.41, 5.74) is 3.25. The highest BCUT2D eigenvalue weighted by atomic mass is 19.1. The number of nitrogens with zero attached hydrogens (tertiary/aromatic N) is 1. The number of hydrazone groups is 1. The highest BCUT2D eigenvalue weighted by molar-refractivity contribution is 5.97. The number of halogens is 1. The second-order valence-electron chi connectivity index (χ2n) is 7.44. The van der Waals surface area contributed by atoms with Crippen molar-refractivity contribution in [3.05, 3.63) is 59.4 Å². The van der Waals surface area contributed by atoms with E-state index >= 15 is 0 Å². The molecule has 0 saturated carbocycles. The third-order valence-electron chi connectivity index (χ3n) is 4.57. The Hall–Kier alpha value is -3.95. The van der Waals surface area contributed by atoms with Gasteiger partial charge in [0, 0.05) is 5.56 Å². The normalized spacial score (nSPS) is 11.7. The van der Waals surface area contributed by atoms with Crippen molar-refractivity contribution in [1.29, 1.82) is 0 Å². The molecule has 182 valence electrons. The fourth-order valence-corrected chi connectivity index (χ4v) is 2.79. The van der Waals surface area contributed by atoms with Crippen molar-refractivity contribution in [1.82, 2.24) is 10.7 Å². The summed E-state index contributed by atoms with van der Waals surface area (Å²) < 4.78 is 28.6. The van der Waals surface area contributed by atoms with Crippen LogP contribution in [0.4, 0.5) is 4.39 Å². The predicted molar refractivity (Wildman–Crippen MR) is 123 cm³/mol. The van der Waals surface area contributed by atoms with Gasteiger partial charge in [-0.05, 0) is 60.9 Å². The number of hydrogen-bond acceptors (Lipinski definition) is 7. The fraction of sp³-hybridized carbons (Fsp3) is 0.333. The number of benzene rings is 2. The number of ether oxygens (including phenoxy) is 3. The molecule has 2 N–H and O–H groups in total. The van der Waals surface area contributed by atoms with Crippen LogP contribution < -0.4 is 20.2 Å². The molecule has 2 amide bonds. The Morgan fingerprint density at radius 1 is 1.06 bits per heavy atom. The van der Waals surface area contributed by atoms with Gasteiger partial charge in [-0.2, -0.15) is 5.10 Å². The quantitative estimate of drug-likeness (QED) is 0.295. The van der Waals surface area contributed by atoms with E-state index in [0.29, 0.717) is 23.7 Å². The van der Waals surface area contributed by atoms with Crippen LogP contribution in [0.3, 0.4) is 0 Å². The first-order valence-electron chi connectivity index (χ1n) is 10.6. The molecule has 0 radical (unpaired) electrons. The lowest BCUT2D eigenvalue weighted by Crippen LogP contribution is -2.48. The van der Waals surface area contributed by atoms with Gasteiger partial charge in [-0.3, -0.25) is 9.59 Å². The van der Waals surface area contributed by atoms with Gasteiger partial charge in [-0.1, -0.05) is 13.8 Å². The third-order valence-corrected chi connectivity index (χ3v) is 4.57. The second-order valence-corrected chi connectivity index (χ2v) is 7.44. The van der Waals surface area contributed by atoms with Crippen molar-refractivity contribution in [3.8, 4) is 11.5 Å². The lowest BCUT2D eigenvalue weighted by molar-refractivity contribution is -0.142. The zero-order valence-electron chi connectivity index (χ0n) is 19.5. The molecule has 9 nitrogen and oxygen atoms in total. The number of carbonyl (C=O) groups excluding carboxylic acids is 3. The minimum Gasteiger partial charge on any atom is -0.490 e. The molecule has 0 saturated heterocycles. The average molecular weight is 474 g/mol. The van der Waals surface area contributed by atoms with Crippen LogP contribution in [0.25, 0.3) is 0 Å². The zero-order chi connectivity index (χ0) is 25.1. The summed E-state index contributed by atoms with van der Waals surface area (Å²) in [6, 6.07) is 9.08. The summed E-state index contributed by atoms with van der Waals surface area (Å²) in [6.45, 7) is 5.47. The van der Waals surface area contributed by atoms with Gasteiger partial charge in [-0.25, -0.2) is 14.6 Å². The summed E-state index contributed by atoms with van der Waals surface area (Å²) in [5.74, 6) is -1.46. The van der Waals surface area contributed by atoms with Crippen LogP contribution in [0.15, 0.2) is 47.6 Å². The number of esters is 1. The van der Waals surface area contributed by atoms with E-state index in [1.807, 2.05) is 0 Å². The van der Waals surface area contributed by atoms with Crippen LogP contribution in [0.1, 0.15) is 36.7 Å². The number of hydrogen-bond donors (Lipinski definition) is 2. The number of amides is 2. The van der Waals surface area contributed by atoms with Gasteiger partial charge in [0.05, 0.1) is 19.9 Å². The van der Waals surface area contributed by atoms with Gasteiger partial charge in [0.15, 0.2) is 18.1 Å². The van der Waals surface area contributed by atoms with Gasteiger partial charge in [0.25, 0.3) is 11.8 Å². The molecule has 0 fully saturated rings. The lowest BCUT2D eigenvalue weighted by atomic mass is 10.0. The number of methoxy groups -OCH3 is 1. The molecule has 2 rings (SSSR count). The third kappa shape index (κ3) is 7.88. The maximum absolute atomic E-state index is 13.1. The molecule has 0 heterocycles. The first-order chi connectivity index (χ1) is 16.2. The Balaban J connectivity index is 2.04. The maximum atomic E-state index is 13.1. The molecular weight excluding hydrogens is 445 g/mol. The van der Waals surface area contributed by atoms with Crippen LogP contribution in [0, 0.1) is 11.7 Å². The smallest absolute Gasteiger partial charge is 0.343 e.